The van der Waals surface area contributed by atoms with Crippen molar-refractivity contribution in [3.05, 3.63) is 29.6 Å². The first kappa shape index (κ1) is 13.8. The van der Waals surface area contributed by atoms with Crippen LogP contribution in [-0.2, 0) is 0 Å². The van der Waals surface area contributed by atoms with Crippen molar-refractivity contribution in [3.8, 4) is 0 Å². The fraction of sp³-hybridized carbons (Fsp3) is 0.500. The van der Waals surface area contributed by atoms with Crippen molar-refractivity contribution in [1.29, 1.82) is 0 Å². The molecule has 1 aromatic carbocycles. The Morgan fingerprint density at radius 1 is 1.53 bits per heavy atom. The zero-order valence-corrected chi connectivity index (χ0v) is 11.2. The van der Waals surface area contributed by atoms with Crippen LogP contribution in [0.3, 0.4) is 0 Å². The van der Waals surface area contributed by atoms with Crippen LogP contribution in [0.1, 0.15) is 30.1 Å². The maximum absolute atomic E-state index is 13.8. The first-order valence-electron chi connectivity index (χ1n) is 6.47. The van der Waals surface area contributed by atoms with Gasteiger partial charge in [-0.15, -0.1) is 0 Å². The third-order valence-corrected chi connectivity index (χ3v) is 3.80. The van der Waals surface area contributed by atoms with Gasteiger partial charge in [0.1, 0.15) is 5.82 Å². The molecule has 19 heavy (non-hydrogen) atoms. The van der Waals surface area contributed by atoms with Crippen molar-refractivity contribution >= 4 is 11.7 Å². The second-order valence-electron chi connectivity index (χ2n) is 5.16. The van der Waals surface area contributed by atoms with E-state index in [0.29, 0.717) is 6.04 Å². The molecule has 1 aromatic rings. The van der Waals surface area contributed by atoms with Gasteiger partial charge >= 0.3 is 5.97 Å². The molecule has 0 saturated carbocycles. The van der Waals surface area contributed by atoms with Crippen LogP contribution in [0.25, 0.3) is 0 Å². The molecule has 2 unspecified atom stereocenters. The molecule has 2 atom stereocenters. The van der Waals surface area contributed by atoms with Gasteiger partial charge in [0.15, 0.2) is 0 Å². The van der Waals surface area contributed by atoms with Crippen LogP contribution >= 0.6 is 0 Å². The Hall–Kier alpha value is -1.62. The summed E-state index contributed by atoms with van der Waals surface area (Å²) in [5, 5.41) is 12.2. The number of carboxylic acids is 1. The van der Waals surface area contributed by atoms with E-state index < -0.39 is 11.8 Å². The zero-order valence-electron chi connectivity index (χ0n) is 11.2. The number of benzene rings is 1. The van der Waals surface area contributed by atoms with Crippen LogP contribution in [0.15, 0.2) is 18.2 Å². The van der Waals surface area contributed by atoms with E-state index in [1.54, 1.807) is 0 Å². The fourth-order valence-corrected chi connectivity index (χ4v) is 2.47. The number of nitrogens with zero attached hydrogens (tertiary/aromatic N) is 1. The van der Waals surface area contributed by atoms with E-state index in [4.69, 9.17) is 5.11 Å². The summed E-state index contributed by atoms with van der Waals surface area (Å²) in [6.07, 6.45) is 1.76. The molecule has 0 aromatic heterocycles. The van der Waals surface area contributed by atoms with Crippen molar-refractivity contribution in [1.82, 2.24) is 4.90 Å². The molecule has 0 bridgehead atoms. The molecule has 0 aliphatic carbocycles. The number of halogens is 1. The molecular weight excluding hydrogens is 247 g/mol. The number of piperidine rings is 1. The highest BCUT2D eigenvalue weighted by Gasteiger charge is 2.25. The lowest BCUT2D eigenvalue weighted by Crippen LogP contribution is -2.42. The normalized spacial score (nSPS) is 24.2. The standard InChI is InChI=1S/C14H19FN2O2/c1-9-8-10(6-7-17(9)2)16-13-11(14(18)19)4-3-5-12(13)15/h3-5,9-10,16H,6-8H2,1-2H3,(H,18,19). The first-order chi connectivity index (χ1) is 8.99. The summed E-state index contributed by atoms with van der Waals surface area (Å²) in [6.45, 7) is 3.04. The van der Waals surface area contributed by atoms with E-state index in [1.807, 2.05) is 0 Å². The van der Waals surface area contributed by atoms with Crippen LogP contribution in [-0.4, -0.2) is 41.7 Å². The second-order valence-corrected chi connectivity index (χ2v) is 5.16. The molecule has 1 aliphatic heterocycles. The first-order valence-corrected chi connectivity index (χ1v) is 6.47. The van der Waals surface area contributed by atoms with E-state index in [-0.39, 0.29) is 17.3 Å². The summed E-state index contributed by atoms with van der Waals surface area (Å²) < 4.78 is 13.8. The molecule has 1 saturated heterocycles. The number of para-hydroxylation sites is 1. The molecule has 104 valence electrons. The number of rotatable bonds is 3. The average Bonchev–Trinajstić information content (AvgIpc) is 2.36. The average molecular weight is 266 g/mol. The number of carboxylic acid groups (broad SMARTS) is 1. The Kier molecular flexibility index (Phi) is 4.04. The quantitative estimate of drug-likeness (QED) is 0.882. The fourth-order valence-electron chi connectivity index (χ4n) is 2.47. The minimum atomic E-state index is -1.11. The van der Waals surface area contributed by atoms with Crippen LogP contribution in [0.2, 0.25) is 0 Å². The molecular formula is C14H19FN2O2. The Balaban J connectivity index is 2.17. The number of nitrogens with one attached hydrogen (secondary N) is 1. The van der Waals surface area contributed by atoms with Gasteiger partial charge in [-0.3, -0.25) is 0 Å². The Morgan fingerprint density at radius 3 is 2.89 bits per heavy atom. The predicted molar refractivity (Wildman–Crippen MR) is 72.1 cm³/mol. The Labute approximate surface area is 112 Å². The molecule has 0 amide bonds. The molecule has 2 N–H and O–H groups in total. The summed E-state index contributed by atoms with van der Waals surface area (Å²) in [7, 11) is 2.06. The molecule has 1 heterocycles. The van der Waals surface area contributed by atoms with Gasteiger partial charge in [-0.2, -0.15) is 0 Å². The van der Waals surface area contributed by atoms with E-state index >= 15 is 0 Å². The van der Waals surface area contributed by atoms with E-state index in [1.165, 1.54) is 18.2 Å². The third-order valence-electron chi connectivity index (χ3n) is 3.80. The molecule has 0 radical (unpaired) electrons. The molecule has 1 aliphatic rings. The number of hydrogen-bond donors (Lipinski definition) is 2. The van der Waals surface area contributed by atoms with Crippen LogP contribution < -0.4 is 5.32 Å². The van der Waals surface area contributed by atoms with Crippen LogP contribution in [0.5, 0.6) is 0 Å². The van der Waals surface area contributed by atoms with Crippen molar-refractivity contribution in [2.24, 2.45) is 0 Å². The van der Waals surface area contributed by atoms with Crippen molar-refractivity contribution in [2.45, 2.75) is 31.8 Å². The number of carbonyl (C=O) groups is 1. The molecule has 5 heteroatoms. The molecule has 1 fully saturated rings. The van der Waals surface area contributed by atoms with Crippen molar-refractivity contribution in [3.63, 3.8) is 0 Å². The van der Waals surface area contributed by atoms with Gasteiger partial charge in [0.2, 0.25) is 0 Å². The summed E-state index contributed by atoms with van der Waals surface area (Å²) in [5.41, 5.74) is 0.100. The largest absolute Gasteiger partial charge is 0.478 e. The highest BCUT2D eigenvalue weighted by Crippen LogP contribution is 2.25. The van der Waals surface area contributed by atoms with E-state index in [0.717, 1.165) is 19.4 Å². The van der Waals surface area contributed by atoms with Crippen LogP contribution in [0, 0.1) is 5.82 Å². The minimum Gasteiger partial charge on any atom is -0.478 e. The maximum atomic E-state index is 13.8. The summed E-state index contributed by atoms with van der Waals surface area (Å²) >= 11 is 0. The Morgan fingerprint density at radius 2 is 2.26 bits per heavy atom. The smallest absolute Gasteiger partial charge is 0.337 e. The summed E-state index contributed by atoms with van der Waals surface area (Å²) in [6, 6.07) is 4.65. The van der Waals surface area contributed by atoms with Gasteiger partial charge in [0.25, 0.3) is 0 Å². The molecule has 4 nitrogen and oxygen atoms in total. The minimum absolute atomic E-state index is 0.00780. The van der Waals surface area contributed by atoms with Gasteiger partial charge < -0.3 is 15.3 Å². The maximum Gasteiger partial charge on any atom is 0.337 e. The lowest BCUT2D eigenvalue weighted by Gasteiger charge is -2.36. The van der Waals surface area contributed by atoms with Gasteiger partial charge in [0, 0.05) is 18.6 Å². The van der Waals surface area contributed by atoms with E-state index in [9.17, 15) is 9.18 Å². The molecule has 2 rings (SSSR count). The molecule has 0 spiro atoms. The number of likely N-dealkylation sites (tertiary alicyclic amines) is 1. The predicted octanol–water partition coefficient (Wildman–Crippen LogP) is 2.42. The second kappa shape index (κ2) is 5.57. The van der Waals surface area contributed by atoms with Gasteiger partial charge in [-0.1, -0.05) is 6.07 Å². The SMILES string of the molecule is CC1CC(Nc2c(F)cccc2C(=O)O)CCN1C. The monoisotopic (exact) mass is 266 g/mol. The van der Waals surface area contributed by atoms with Gasteiger partial charge in [-0.25, -0.2) is 9.18 Å². The van der Waals surface area contributed by atoms with Crippen LogP contribution in [0.4, 0.5) is 10.1 Å². The van der Waals surface area contributed by atoms with Crippen molar-refractivity contribution in [2.75, 3.05) is 18.9 Å². The highest BCUT2D eigenvalue weighted by molar-refractivity contribution is 5.94. The summed E-state index contributed by atoms with van der Waals surface area (Å²) in [4.78, 5) is 13.4. The number of anilines is 1. The topological polar surface area (TPSA) is 52.6 Å². The van der Waals surface area contributed by atoms with Gasteiger partial charge in [0.05, 0.1) is 11.3 Å². The lowest BCUT2D eigenvalue weighted by molar-refractivity contribution is 0.0697. The van der Waals surface area contributed by atoms with Gasteiger partial charge in [-0.05, 0) is 38.9 Å². The summed E-state index contributed by atoms with van der Waals surface area (Å²) in [5.74, 6) is -1.62. The third kappa shape index (κ3) is 3.04. The lowest BCUT2D eigenvalue weighted by atomic mass is 9.98. The van der Waals surface area contributed by atoms with E-state index in [2.05, 4.69) is 24.2 Å². The van der Waals surface area contributed by atoms with Crippen molar-refractivity contribution < 1.29 is 14.3 Å². The highest BCUT2D eigenvalue weighted by atomic mass is 19.1. The zero-order chi connectivity index (χ0) is 14.0. The number of hydrogen-bond acceptors (Lipinski definition) is 3. The number of aromatic carboxylic acids is 1. The Bertz CT molecular complexity index is 479.